The maximum Gasteiger partial charge on any atom is 1.00 e. The maximum atomic E-state index is 11.2. The largest absolute Gasteiger partial charge is 1.00 e. The van der Waals surface area contributed by atoms with Crippen LogP contribution in [0.15, 0.2) is 0 Å². The van der Waals surface area contributed by atoms with Crippen molar-refractivity contribution in [3.05, 3.63) is 0 Å². The number of hydrogen-bond acceptors (Lipinski definition) is 4. The van der Waals surface area contributed by atoms with Crippen molar-refractivity contribution in [3.8, 4) is 0 Å². The Labute approximate surface area is 218 Å². The summed E-state index contributed by atoms with van der Waals surface area (Å²) in [6.45, 7) is 4.04. The number of aliphatic hydroxyl groups is 1. The van der Waals surface area contributed by atoms with Crippen molar-refractivity contribution in [2.45, 2.75) is 141 Å². The summed E-state index contributed by atoms with van der Waals surface area (Å²) in [7, 11) is -4.64. The molecule has 0 fully saturated rings. The second-order valence-corrected chi connectivity index (χ2v) is 9.87. The molecule has 1 atom stereocenters. The first kappa shape index (κ1) is 31.7. The second kappa shape index (κ2) is 20.4. The van der Waals surface area contributed by atoms with Gasteiger partial charge in [0.05, 0.1) is 0 Å². The molecule has 0 radical (unpaired) electrons. The minimum atomic E-state index is -4.64. The molecule has 0 spiro atoms. The van der Waals surface area contributed by atoms with Crippen molar-refractivity contribution in [2.75, 3.05) is 0 Å². The molecule has 0 aromatic carbocycles. The van der Waals surface area contributed by atoms with E-state index >= 15 is 0 Å². The van der Waals surface area contributed by atoms with Crippen molar-refractivity contribution < 1.29 is 69.5 Å². The molecular weight excluding hydrogens is 399 g/mol. The molecule has 1 unspecified atom stereocenters. The molecule has 0 aromatic rings. The van der Waals surface area contributed by atoms with E-state index in [1.807, 2.05) is 0 Å². The molecule has 0 rings (SSSR count). The monoisotopic (exact) mass is 444 g/mol. The van der Waals surface area contributed by atoms with Gasteiger partial charge in [-0.15, -0.1) is 0 Å². The number of unbranched alkanes of at least 4 members (excludes halogenated alkanes) is 15. The Morgan fingerprint density at radius 1 is 0.607 bits per heavy atom. The van der Waals surface area contributed by atoms with E-state index in [1.165, 1.54) is 77.0 Å². The molecule has 0 heterocycles. The Kier molecular flexibility index (Phi) is 23.1. The summed E-state index contributed by atoms with van der Waals surface area (Å²) in [5.74, 6) is 0. The molecule has 0 aliphatic carbocycles. The number of hydrogen-bond donors (Lipinski definition) is 1. The Balaban J connectivity index is 0. The fourth-order valence-corrected chi connectivity index (χ4v) is 4.56. The van der Waals surface area contributed by atoms with Gasteiger partial charge in [-0.1, -0.05) is 117 Å². The van der Waals surface area contributed by atoms with E-state index in [9.17, 15) is 18.1 Å². The summed E-state index contributed by atoms with van der Waals surface area (Å²) in [5.41, 5.74) is 0. The van der Waals surface area contributed by atoms with E-state index in [-0.39, 0.29) is 64.2 Å². The van der Waals surface area contributed by atoms with Gasteiger partial charge in [-0.25, -0.2) is 8.42 Å². The maximum absolute atomic E-state index is 11.2. The van der Waals surface area contributed by atoms with E-state index in [0.29, 0.717) is 12.8 Å². The van der Waals surface area contributed by atoms with Crippen LogP contribution in [0.5, 0.6) is 0 Å². The molecule has 6 heteroatoms. The zero-order valence-electron chi connectivity index (χ0n) is 19.0. The first-order chi connectivity index (χ1) is 12.9. The number of rotatable bonds is 20. The van der Waals surface area contributed by atoms with Crippen LogP contribution in [0, 0.1) is 0 Å². The summed E-state index contributed by atoms with van der Waals surface area (Å²) in [6, 6.07) is 0. The van der Waals surface area contributed by atoms with Gasteiger partial charge in [0.25, 0.3) is 0 Å². The molecule has 1 N–H and O–H groups in total. The summed E-state index contributed by atoms with van der Waals surface area (Å²) >= 11 is 0. The van der Waals surface area contributed by atoms with Crippen molar-refractivity contribution in [1.29, 1.82) is 0 Å². The molecule has 0 bridgehead atoms. The third-order valence-electron chi connectivity index (χ3n) is 5.53. The van der Waals surface area contributed by atoms with Crippen LogP contribution in [0.2, 0.25) is 0 Å². The average molecular weight is 445 g/mol. The van der Waals surface area contributed by atoms with Gasteiger partial charge in [0.1, 0.15) is 10.1 Å². The minimum Gasteiger partial charge on any atom is -0.746 e. The summed E-state index contributed by atoms with van der Waals surface area (Å²) in [6.07, 6.45) is 20.6. The smallest absolute Gasteiger partial charge is 0.746 e. The Morgan fingerprint density at radius 2 is 0.929 bits per heavy atom. The predicted molar refractivity (Wildman–Crippen MR) is 114 cm³/mol. The van der Waals surface area contributed by atoms with Gasteiger partial charge in [0.2, 0.25) is 0 Å². The normalized spacial score (nSPS) is 13.9. The van der Waals surface area contributed by atoms with Crippen LogP contribution in [-0.4, -0.2) is 23.0 Å². The van der Waals surface area contributed by atoms with E-state index in [1.54, 1.807) is 6.92 Å². The molecular formula is C22H45KO4S. The zero-order chi connectivity index (χ0) is 20.4. The quantitative estimate of drug-likeness (QED) is 0.176. The second-order valence-electron chi connectivity index (χ2n) is 8.20. The molecule has 0 aliphatic rings. The molecule has 4 nitrogen and oxygen atoms in total. The van der Waals surface area contributed by atoms with Crippen LogP contribution in [0.25, 0.3) is 0 Å². The van der Waals surface area contributed by atoms with Crippen LogP contribution in [-0.2, 0) is 10.1 Å². The van der Waals surface area contributed by atoms with Crippen LogP contribution in [0.1, 0.15) is 136 Å². The summed E-state index contributed by atoms with van der Waals surface area (Å²) < 4.78 is 33.7. The SMILES string of the molecule is CCCCCCCCCCCCCCCCCCC(O)(CCC)S(=O)(=O)[O-].[K+]. The molecule has 0 aliphatic heterocycles. The molecule has 0 saturated carbocycles. The first-order valence-corrected chi connectivity index (χ1v) is 13.0. The van der Waals surface area contributed by atoms with Crippen molar-refractivity contribution in [3.63, 3.8) is 0 Å². The van der Waals surface area contributed by atoms with Gasteiger partial charge in [-0.05, 0) is 19.3 Å². The third-order valence-corrected chi connectivity index (χ3v) is 6.87. The molecule has 28 heavy (non-hydrogen) atoms. The Morgan fingerprint density at radius 3 is 1.21 bits per heavy atom. The van der Waals surface area contributed by atoms with Crippen molar-refractivity contribution >= 4 is 10.1 Å². The van der Waals surface area contributed by atoms with Gasteiger partial charge in [0.15, 0.2) is 4.93 Å². The van der Waals surface area contributed by atoms with Crippen LogP contribution in [0.4, 0.5) is 0 Å². The van der Waals surface area contributed by atoms with Gasteiger partial charge in [-0.2, -0.15) is 0 Å². The minimum absolute atomic E-state index is 0. The van der Waals surface area contributed by atoms with E-state index in [4.69, 9.17) is 0 Å². The molecule has 0 saturated heterocycles. The average Bonchev–Trinajstić information content (AvgIpc) is 2.60. The first-order valence-electron chi connectivity index (χ1n) is 11.5. The molecule has 164 valence electrons. The zero-order valence-corrected chi connectivity index (χ0v) is 23.0. The van der Waals surface area contributed by atoms with Gasteiger partial charge in [-0.3, -0.25) is 0 Å². The van der Waals surface area contributed by atoms with Crippen LogP contribution >= 0.6 is 0 Å². The fraction of sp³-hybridized carbons (Fsp3) is 1.00. The van der Waals surface area contributed by atoms with Crippen molar-refractivity contribution in [2.24, 2.45) is 0 Å². The van der Waals surface area contributed by atoms with E-state index in [0.717, 1.165) is 19.3 Å². The van der Waals surface area contributed by atoms with Crippen LogP contribution in [0.3, 0.4) is 0 Å². The van der Waals surface area contributed by atoms with Gasteiger partial charge in [0, 0.05) is 0 Å². The van der Waals surface area contributed by atoms with Crippen LogP contribution < -0.4 is 51.4 Å². The van der Waals surface area contributed by atoms with E-state index < -0.39 is 15.1 Å². The van der Waals surface area contributed by atoms with Crippen molar-refractivity contribution in [1.82, 2.24) is 0 Å². The van der Waals surface area contributed by atoms with Gasteiger partial charge < -0.3 is 9.66 Å². The predicted octanol–water partition coefficient (Wildman–Crippen LogP) is 3.68. The third kappa shape index (κ3) is 17.2. The topological polar surface area (TPSA) is 77.4 Å². The summed E-state index contributed by atoms with van der Waals surface area (Å²) in [5, 5.41) is 10.1. The summed E-state index contributed by atoms with van der Waals surface area (Å²) in [4.78, 5) is -2.06. The standard InChI is InChI=1S/C22H46O4S.K/c1-3-5-6-7-8-9-10-11-12-13-14-15-16-17-18-19-21-22(23,20-4-2)27(24,25)26;/h23H,3-21H2,1-2H3,(H,24,25,26);/q;+1/p-1. The fourth-order valence-electron chi connectivity index (χ4n) is 3.71. The Bertz CT molecular complexity index is 428. The molecule has 0 aromatic heterocycles. The van der Waals surface area contributed by atoms with E-state index in [2.05, 4.69) is 6.92 Å². The molecule has 0 amide bonds. The van der Waals surface area contributed by atoms with Gasteiger partial charge >= 0.3 is 51.4 Å². The Hall–Kier alpha value is 1.51.